The molecule has 0 bridgehead atoms. The van der Waals surface area contributed by atoms with Gasteiger partial charge in [-0.1, -0.05) is 11.6 Å². The lowest BCUT2D eigenvalue weighted by atomic mass is 10.1. The second kappa shape index (κ2) is 6.59. The van der Waals surface area contributed by atoms with Gasteiger partial charge in [0.1, 0.15) is 5.02 Å². The van der Waals surface area contributed by atoms with E-state index >= 15 is 0 Å². The van der Waals surface area contributed by atoms with Crippen LogP contribution in [0.2, 0.25) is 5.02 Å². The lowest BCUT2D eigenvalue weighted by Crippen LogP contribution is -2.35. The summed E-state index contributed by atoms with van der Waals surface area (Å²) in [6.45, 7) is 5.91. The van der Waals surface area contributed by atoms with Gasteiger partial charge < -0.3 is 10.2 Å². The van der Waals surface area contributed by atoms with E-state index in [9.17, 15) is 4.79 Å². The highest BCUT2D eigenvalue weighted by Crippen LogP contribution is 2.25. The molecule has 0 amide bonds. The second-order valence-electron chi connectivity index (χ2n) is 5.63. The summed E-state index contributed by atoms with van der Waals surface area (Å²) in [4.78, 5) is 14.3. The molecule has 0 saturated carbocycles. The molecule has 1 saturated heterocycles. The molecule has 5 nitrogen and oxygen atoms in total. The minimum Gasteiger partial charge on any atom is -0.369 e. The molecule has 0 aromatic carbocycles. The van der Waals surface area contributed by atoms with Gasteiger partial charge in [-0.05, 0) is 46.2 Å². The van der Waals surface area contributed by atoms with Gasteiger partial charge in [0.25, 0.3) is 5.56 Å². The molecule has 1 fully saturated rings. The number of hydrogen-bond acceptors (Lipinski definition) is 4. The topological polar surface area (TPSA) is 50.2 Å². The van der Waals surface area contributed by atoms with Crippen LogP contribution in [0.15, 0.2) is 11.0 Å². The number of nitrogens with zero attached hydrogens (tertiary/aromatic N) is 3. The molecule has 1 aromatic heterocycles. The van der Waals surface area contributed by atoms with E-state index in [1.807, 2.05) is 20.9 Å². The fourth-order valence-corrected chi connectivity index (χ4v) is 2.90. The second-order valence-corrected chi connectivity index (χ2v) is 6.01. The van der Waals surface area contributed by atoms with Crippen molar-refractivity contribution in [2.24, 2.45) is 0 Å². The third-order valence-corrected chi connectivity index (χ3v) is 4.24. The van der Waals surface area contributed by atoms with Crippen LogP contribution in [-0.4, -0.2) is 36.0 Å². The van der Waals surface area contributed by atoms with E-state index in [-0.39, 0.29) is 16.6 Å². The largest absolute Gasteiger partial charge is 0.369 e. The highest BCUT2D eigenvalue weighted by molar-refractivity contribution is 6.33. The van der Waals surface area contributed by atoms with Crippen LogP contribution in [0.3, 0.4) is 0 Å². The first kappa shape index (κ1) is 15.3. The van der Waals surface area contributed by atoms with Gasteiger partial charge >= 0.3 is 0 Å². The SMILES string of the molecule is CC(C)n1ncc(N(C)C2CCCNCC2)c(Cl)c1=O. The van der Waals surface area contributed by atoms with Gasteiger partial charge in [-0.15, -0.1) is 0 Å². The maximum atomic E-state index is 12.2. The van der Waals surface area contributed by atoms with Crippen LogP contribution in [0.1, 0.15) is 39.2 Å². The van der Waals surface area contributed by atoms with Crippen LogP contribution < -0.4 is 15.8 Å². The van der Waals surface area contributed by atoms with E-state index in [1.54, 1.807) is 6.20 Å². The summed E-state index contributed by atoms with van der Waals surface area (Å²) < 4.78 is 1.42. The number of nitrogens with one attached hydrogen (secondary N) is 1. The summed E-state index contributed by atoms with van der Waals surface area (Å²) in [5, 5.41) is 7.90. The third-order valence-electron chi connectivity index (χ3n) is 3.89. The predicted molar refractivity (Wildman–Crippen MR) is 82.8 cm³/mol. The first-order chi connectivity index (χ1) is 9.52. The quantitative estimate of drug-likeness (QED) is 0.928. The minimum absolute atomic E-state index is 0.0152. The van der Waals surface area contributed by atoms with Crippen molar-refractivity contribution in [1.29, 1.82) is 0 Å². The van der Waals surface area contributed by atoms with Crippen molar-refractivity contribution < 1.29 is 0 Å². The van der Waals surface area contributed by atoms with E-state index in [4.69, 9.17) is 11.6 Å². The normalized spacial score (nSPS) is 19.9. The molecule has 6 heteroatoms. The minimum atomic E-state index is -0.210. The molecule has 20 heavy (non-hydrogen) atoms. The van der Waals surface area contributed by atoms with Crippen LogP contribution in [-0.2, 0) is 0 Å². The van der Waals surface area contributed by atoms with Crippen LogP contribution in [0.25, 0.3) is 0 Å². The Morgan fingerprint density at radius 2 is 2.20 bits per heavy atom. The summed E-state index contributed by atoms with van der Waals surface area (Å²) in [7, 11) is 2.00. The molecule has 1 unspecified atom stereocenters. The molecule has 2 rings (SSSR count). The van der Waals surface area contributed by atoms with Gasteiger partial charge in [-0.2, -0.15) is 5.10 Å². The van der Waals surface area contributed by atoms with Crippen molar-refractivity contribution in [3.63, 3.8) is 0 Å². The van der Waals surface area contributed by atoms with Crippen molar-refractivity contribution in [3.05, 3.63) is 21.6 Å². The van der Waals surface area contributed by atoms with Gasteiger partial charge in [-0.25, -0.2) is 4.68 Å². The van der Waals surface area contributed by atoms with E-state index in [2.05, 4.69) is 15.3 Å². The lowest BCUT2D eigenvalue weighted by Gasteiger charge is -2.29. The van der Waals surface area contributed by atoms with E-state index in [0.717, 1.165) is 38.0 Å². The third kappa shape index (κ3) is 3.15. The first-order valence-electron chi connectivity index (χ1n) is 7.23. The Morgan fingerprint density at radius 1 is 1.45 bits per heavy atom. The smallest absolute Gasteiger partial charge is 0.287 e. The van der Waals surface area contributed by atoms with Crippen molar-refractivity contribution in [2.45, 2.75) is 45.2 Å². The maximum absolute atomic E-state index is 12.2. The Bertz CT molecular complexity index is 506. The Labute approximate surface area is 124 Å². The van der Waals surface area contributed by atoms with Crippen LogP contribution in [0.5, 0.6) is 0 Å². The maximum Gasteiger partial charge on any atom is 0.287 e. The van der Waals surface area contributed by atoms with E-state index in [1.165, 1.54) is 4.68 Å². The summed E-state index contributed by atoms with van der Waals surface area (Å²) in [5.74, 6) is 0. The van der Waals surface area contributed by atoms with Gasteiger partial charge in [0.05, 0.1) is 17.9 Å². The fourth-order valence-electron chi connectivity index (χ4n) is 2.63. The monoisotopic (exact) mass is 298 g/mol. The van der Waals surface area contributed by atoms with Crippen molar-refractivity contribution in [3.8, 4) is 0 Å². The molecule has 0 spiro atoms. The van der Waals surface area contributed by atoms with Gasteiger partial charge in [0.2, 0.25) is 0 Å². The molecule has 1 aromatic rings. The van der Waals surface area contributed by atoms with Gasteiger partial charge in [-0.3, -0.25) is 4.79 Å². The summed E-state index contributed by atoms with van der Waals surface area (Å²) in [6, 6.07) is 0.417. The number of aromatic nitrogens is 2. The average molecular weight is 299 g/mol. The van der Waals surface area contributed by atoms with Crippen LogP contribution >= 0.6 is 11.6 Å². The molecular weight excluding hydrogens is 276 g/mol. The zero-order valence-corrected chi connectivity index (χ0v) is 13.2. The highest BCUT2D eigenvalue weighted by atomic mass is 35.5. The highest BCUT2D eigenvalue weighted by Gasteiger charge is 2.21. The predicted octanol–water partition coefficient (Wildman–Crippen LogP) is 2.06. The zero-order chi connectivity index (χ0) is 14.7. The van der Waals surface area contributed by atoms with Gasteiger partial charge in [0, 0.05) is 13.1 Å². The summed E-state index contributed by atoms with van der Waals surface area (Å²) in [5.41, 5.74) is 0.526. The van der Waals surface area contributed by atoms with E-state index in [0.29, 0.717) is 6.04 Å². The van der Waals surface area contributed by atoms with Crippen molar-refractivity contribution in [2.75, 3.05) is 25.0 Å². The Hall–Kier alpha value is -1.07. The van der Waals surface area contributed by atoms with Crippen LogP contribution in [0.4, 0.5) is 5.69 Å². The number of rotatable bonds is 3. The lowest BCUT2D eigenvalue weighted by molar-refractivity contribution is 0.499. The van der Waals surface area contributed by atoms with Crippen molar-refractivity contribution >= 4 is 17.3 Å². The molecule has 0 aliphatic carbocycles. The molecule has 1 aliphatic rings. The molecule has 1 atom stereocenters. The fraction of sp³-hybridized carbons (Fsp3) is 0.714. The molecular formula is C14H23ClN4O. The number of hydrogen-bond donors (Lipinski definition) is 1. The number of halogens is 1. The molecule has 1 aliphatic heterocycles. The molecule has 0 radical (unpaired) electrons. The Morgan fingerprint density at radius 3 is 2.90 bits per heavy atom. The zero-order valence-electron chi connectivity index (χ0n) is 12.4. The van der Waals surface area contributed by atoms with Crippen LogP contribution in [0, 0.1) is 0 Å². The Kier molecular flexibility index (Phi) is 5.05. The van der Waals surface area contributed by atoms with Gasteiger partial charge in [0.15, 0.2) is 0 Å². The Balaban J connectivity index is 2.28. The average Bonchev–Trinajstić information content (AvgIpc) is 2.69. The summed E-state index contributed by atoms with van der Waals surface area (Å²) >= 11 is 6.27. The number of anilines is 1. The standard InChI is InChI=1S/C14H23ClN4O/c1-10(2)19-14(20)13(15)12(9-17-19)18(3)11-5-4-7-16-8-6-11/h9-11,16H,4-8H2,1-3H3. The van der Waals surface area contributed by atoms with Crippen molar-refractivity contribution in [1.82, 2.24) is 15.1 Å². The first-order valence-corrected chi connectivity index (χ1v) is 7.61. The molecule has 112 valence electrons. The summed E-state index contributed by atoms with van der Waals surface area (Å²) in [6.07, 6.45) is 5.01. The molecule has 2 heterocycles. The van der Waals surface area contributed by atoms with E-state index < -0.39 is 0 Å². The molecule has 1 N–H and O–H groups in total.